The van der Waals surface area contributed by atoms with Gasteiger partial charge in [0.15, 0.2) is 16.3 Å². The number of imidazole rings is 1. The van der Waals surface area contributed by atoms with Crippen LogP contribution in [0.2, 0.25) is 0 Å². The Morgan fingerprint density at radius 1 is 1.00 bits per heavy atom. The van der Waals surface area contributed by atoms with Gasteiger partial charge in [0.2, 0.25) is 5.95 Å². The molecule has 2 aromatic heterocycles. The number of halogens is 1. The lowest BCUT2D eigenvalue weighted by Crippen LogP contribution is -2.50. The van der Waals surface area contributed by atoms with E-state index in [4.69, 9.17) is 17.2 Å². The smallest absolute Gasteiger partial charge is 0.332 e. The number of anilines is 2. The van der Waals surface area contributed by atoms with Crippen LogP contribution in [0.1, 0.15) is 16.7 Å². The first-order valence-electron chi connectivity index (χ1n) is 12.4. The third-order valence-corrected chi connectivity index (χ3v) is 8.17. The Hall–Kier alpha value is -3.44. The van der Waals surface area contributed by atoms with E-state index >= 15 is 0 Å². The number of rotatable bonds is 4. The van der Waals surface area contributed by atoms with Crippen molar-refractivity contribution in [2.45, 2.75) is 20.4 Å². The Morgan fingerprint density at radius 2 is 1.68 bits per heavy atom. The summed E-state index contributed by atoms with van der Waals surface area (Å²) in [7, 11) is 3.16. The highest BCUT2D eigenvalue weighted by atomic mass is 79.9. The minimum atomic E-state index is -0.393. The number of hydrogen-bond acceptors (Lipinski definition) is 5. The van der Waals surface area contributed by atoms with Crippen molar-refractivity contribution in [2.75, 3.05) is 36.4 Å². The quantitative estimate of drug-likeness (QED) is 0.362. The molecular formula is C27H30BrN7O2S. The maximum atomic E-state index is 13.3. The van der Waals surface area contributed by atoms with Crippen LogP contribution in [-0.4, -0.2) is 54.9 Å². The molecule has 0 saturated carbocycles. The number of piperazine rings is 1. The van der Waals surface area contributed by atoms with Crippen LogP contribution >= 0.6 is 28.1 Å². The first-order valence-corrected chi connectivity index (χ1v) is 13.6. The maximum absolute atomic E-state index is 13.3. The molecule has 9 nitrogen and oxygen atoms in total. The molecule has 1 N–H and O–H groups in total. The van der Waals surface area contributed by atoms with Crippen molar-refractivity contribution in [2.24, 2.45) is 14.1 Å². The Balaban J connectivity index is 1.45. The standard InChI is InChI=1S/C27H30BrN7O2S/c1-17-6-5-7-21(18(17)2)29-26(38)34-14-12-33(13-15-34)25-30-23-22(24(36)32(4)27(37)31(23)3)35(25)16-19-8-10-20(28)11-9-19/h5-11H,12-16H2,1-4H3,(H,29,38). The topological polar surface area (TPSA) is 80.3 Å². The fraction of sp³-hybridized carbons (Fsp3) is 0.333. The molecule has 198 valence electrons. The Labute approximate surface area is 234 Å². The number of aromatic nitrogens is 4. The molecule has 1 saturated heterocycles. The lowest BCUT2D eigenvalue weighted by molar-refractivity contribution is 0.386. The van der Waals surface area contributed by atoms with Crippen LogP contribution in [0.4, 0.5) is 11.6 Å². The first kappa shape index (κ1) is 26.2. The van der Waals surface area contributed by atoms with Gasteiger partial charge in [0.05, 0.1) is 6.54 Å². The van der Waals surface area contributed by atoms with Crippen LogP contribution in [0.3, 0.4) is 0 Å². The molecule has 0 radical (unpaired) electrons. The Bertz CT molecular complexity index is 1650. The summed E-state index contributed by atoms with van der Waals surface area (Å²) >= 11 is 9.23. The summed E-state index contributed by atoms with van der Waals surface area (Å²) < 4.78 is 5.50. The molecule has 1 aliphatic heterocycles. The Kier molecular flexibility index (Phi) is 7.15. The van der Waals surface area contributed by atoms with Crippen LogP contribution in [0, 0.1) is 13.8 Å². The lowest BCUT2D eigenvalue weighted by Gasteiger charge is -2.37. The monoisotopic (exact) mass is 595 g/mol. The second-order valence-corrected chi connectivity index (χ2v) is 11.0. The molecule has 2 aromatic carbocycles. The lowest BCUT2D eigenvalue weighted by atomic mass is 10.1. The minimum absolute atomic E-state index is 0.350. The molecule has 11 heteroatoms. The van der Waals surface area contributed by atoms with Gasteiger partial charge in [0.1, 0.15) is 0 Å². The van der Waals surface area contributed by atoms with Gasteiger partial charge in [-0.2, -0.15) is 4.98 Å². The number of nitrogens with one attached hydrogen (secondary N) is 1. The fourth-order valence-corrected chi connectivity index (χ4v) is 5.35. The molecule has 0 unspecified atom stereocenters. The molecular weight excluding hydrogens is 566 g/mol. The van der Waals surface area contributed by atoms with Gasteiger partial charge >= 0.3 is 5.69 Å². The number of hydrogen-bond donors (Lipinski definition) is 1. The van der Waals surface area contributed by atoms with Crippen LogP contribution in [0.25, 0.3) is 11.2 Å². The van der Waals surface area contributed by atoms with E-state index in [0.29, 0.717) is 54.9 Å². The molecule has 1 fully saturated rings. The van der Waals surface area contributed by atoms with E-state index in [9.17, 15) is 9.59 Å². The van der Waals surface area contributed by atoms with Gasteiger partial charge in [0.25, 0.3) is 5.56 Å². The van der Waals surface area contributed by atoms with Crippen molar-refractivity contribution in [1.82, 2.24) is 23.6 Å². The average molecular weight is 597 g/mol. The SMILES string of the molecule is Cc1cccc(NC(=S)N2CCN(c3nc4c(c(=O)n(C)c(=O)n4C)n3Cc3ccc(Br)cc3)CC2)c1C. The molecule has 5 rings (SSSR count). The summed E-state index contributed by atoms with van der Waals surface area (Å²) in [4.78, 5) is 35.1. The number of aryl methyl sites for hydroxylation is 2. The van der Waals surface area contributed by atoms with Crippen LogP contribution in [0.5, 0.6) is 0 Å². The van der Waals surface area contributed by atoms with Crippen molar-refractivity contribution < 1.29 is 0 Å². The molecule has 0 bridgehead atoms. The van der Waals surface area contributed by atoms with Gasteiger partial charge < -0.3 is 15.1 Å². The first-order chi connectivity index (χ1) is 18.2. The number of nitrogens with zero attached hydrogens (tertiary/aromatic N) is 6. The summed E-state index contributed by atoms with van der Waals surface area (Å²) in [5.41, 5.74) is 4.51. The van der Waals surface area contributed by atoms with Crippen molar-refractivity contribution in [1.29, 1.82) is 0 Å². The molecule has 1 aliphatic rings. The normalized spacial score (nSPS) is 13.8. The van der Waals surface area contributed by atoms with Gasteiger partial charge in [-0.1, -0.05) is 40.2 Å². The van der Waals surface area contributed by atoms with Crippen LogP contribution < -0.4 is 21.5 Å². The molecule has 0 atom stereocenters. The number of thiocarbonyl (C=S) groups is 1. The third kappa shape index (κ3) is 4.76. The summed E-state index contributed by atoms with van der Waals surface area (Å²) in [6.07, 6.45) is 0. The Morgan fingerprint density at radius 3 is 2.37 bits per heavy atom. The van der Waals surface area contributed by atoms with Gasteiger partial charge in [-0.15, -0.1) is 0 Å². The highest BCUT2D eigenvalue weighted by Gasteiger charge is 2.26. The van der Waals surface area contributed by atoms with Gasteiger partial charge in [-0.25, -0.2) is 4.79 Å². The average Bonchev–Trinajstić information content (AvgIpc) is 3.29. The second-order valence-electron chi connectivity index (χ2n) is 9.65. The van der Waals surface area contributed by atoms with E-state index < -0.39 is 5.69 Å². The summed E-state index contributed by atoms with van der Waals surface area (Å²) in [6, 6.07) is 14.1. The van der Waals surface area contributed by atoms with E-state index in [1.807, 2.05) is 41.0 Å². The minimum Gasteiger partial charge on any atom is -0.345 e. The second kappa shape index (κ2) is 10.4. The number of benzene rings is 2. The fourth-order valence-electron chi connectivity index (χ4n) is 4.79. The maximum Gasteiger partial charge on any atom is 0.332 e. The molecule has 0 amide bonds. The zero-order chi connectivity index (χ0) is 27.1. The summed E-state index contributed by atoms with van der Waals surface area (Å²) in [5, 5.41) is 4.10. The predicted octanol–water partition coefficient (Wildman–Crippen LogP) is 3.38. The van der Waals surface area contributed by atoms with Crippen molar-refractivity contribution in [3.63, 3.8) is 0 Å². The van der Waals surface area contributed by atoms with E-state index in [2.05, 4.69) is 51.0 Å². The molecule has 0 aliphatic carbocycles. The van der Waals surface area contributed by atoms with E-state index in [0.717, 1.165) is 20.3 Å². The number of fused-ring (bicyclic) bond motifs is 1. The molecule has 0 spiro atoms. The molecule has 4 aromatic rings. The van der Waals surface area contributed by atoms with E-state index in [1.54, 1.807) is 7.05 Å². The van der Waals surface area contributed by atoms with Crippen molar-refractivity contribution >= 4 is 56.1 Å². The summed E-state index contributed by atoms with van der Waals surface area (Å²) in [5.74, 6) is 0.675. The van der Waals surface area contributed by atoms with Crippen molar-refractivity contribution in [3.8, 4) is 0 Å². The highest BCUT2D eigenvalue weighted by molar-refractivity contribution is 9.10. The molecule has 3 heterocycles. The zero-order valence-corrected chi connectivity index (χ0v) is 24.3. The largest absolute Gasteiger partial charge is 0.345 e. The highest BCUT2D eigenvalue weighted by Crippen LogP contribution is 2.24. The van der Waals surface area contributed by atoms with Crippen LogP contribution in [0.15, 0.2) is 56.5 Å². The summed E-state index contributed by atoms with van der Waals surface area (Å²) in [6.45, 7) is 7.39. The zero-order valence-electron chi connectivity index (χ0n) is 21.9. The van der Waals surface area contributed by atoms with E-state index in [1.165, 1.54) is 22.7 Å². The molecule has 38 heavy (non-hydrogen) atoms. The van der Waals surface area contributed by atoms with Crippen LogP contribution in [-0.2, 0) is 20.6 Å². The van der Waals surface area contributed by atoms with Gasteiger partial charge in [0, 0.05) is 50.4 Å². The van der Waals surface area contributed by atoms with Gasteiger partial charge in [-0.3, -0.25) is 18.5 Å². The van der Waals surface area contributed by atoms with Crippen molar-refractivity contribution in [3.05, 3.63) is 84.5 Å². The van der Waals surface area contributed by atoms with E-state index in [-0.39, 0.29) is 5.56 Å². The van der Waals surface area contributed by atoms with Gasteiger partial charge in [-0.05, 0) is 61.0 Å². The predicted molar refractivity (Wildman–Crippen MR) is 159 cm³/mol. The third-order valence-electron chi connectivity index (χ3n) is 7.28.